The van der Waals surface area contributed by atoms with Gasteiger partial charge < -0.3 is 15.2 Å². The lowest BCUT2D eigenvalue weighted by atomic mass is 9.98. The largest absolute Gasteiger partial charge is 0.338 e. The molecule has 0 aliphatic carbocycles. The molecule has 28 heavy (non-hydrogen) atoms. The molecule has 2 amide bonds. The lowest BCUT2D eigenvalue weighted by Crippen LogP contribution is -2.47. The molecule has 2 atom stereocenters. The number of nitrogens with zero attached hydrogens (tertiary/aromatic N) is 2. The number of benzene rings is 1. The van der Waals surface area contributed by atoms with Crippen LogP contribution in [-0.4, -0.2) is 39.5 Å². The zero-order chi connectivity index (χ0) is 19.7. The van der Waals surface area contributed by atoms with Gasteiger partial charge in [-0.1, -0.05) is 44.2 Å². The molecule has 0 unspecified atom stereocenters. The zero-order valence-corrected chi connectivity index (χ0v) is 16.6. The predicted molar refractivity (Wildman–Crippen MR) is 109 cm³/mol. The standard InChI is InChI=1S/C22H28N4O2/c1-14(2)10-11-23-22(28)26-16-8-9-17(26)13-19-18(12-16)21(27)25-20(24-19)15-6-4-3-5-7-15/h3-7,14,16-17H,8-13H2,1-2H3,(H,23,28)(H,24,25,27)/t16-,17+/m1/s1. The van der Waals surface area contributed by atoms with Gasteiger partial charge in [-0.3, -0.25) is 4.79 Å². The molecule has 1 fully saturated rings. The van der Waals surface area contributed by atoms with E-state index in [1.807, 2.05) is 35.2 Å². The maximum atomic E-state index is 12.8. The van der Waals surface area contributed by atoms with Gasteiger partial charge in [0.15, 0.2) is 0 Å². The molecule has 2 aliphatic rings. The Hall–Kier alpha value is -2.63. The first kappa shape index (κ1) is 18.7. The number of hydrogen-bond donors (Lipinski definition) is 2. The number of urea groups is 1. The SMILES string of the molecule is CC(C)CCNC(=O)N1[C@@H]2CC[C@H]1Cc1nc(-c3ccccc3)[nH]c(=O)c1C2. The van der Waals surface area contributed by atoms with E-state index in [1.165, 1.54) is 0 Å². The summed E-state index contributed by atoms with van der Waals surface area (Å²) in [6.45, 7) is 5.00. The minimum Gasteiger partial charge on any atom is -0.338 e. The summed E-state index contributed by atoms with van der Waals surface area (Å²) < 4.78 is 0. The average molecular weight is 380 g/mol. The van der Waals surface area contributed by atoms with Gasteiger partial charge in [0.1, 0.15) is 5.82 Å². The van der Waals surface area contributed by atoms with Crippen LogP contribution in [0.3, 0.4) is 0 Å². The van der Waals surface area contributed by atoms with Gasteiger partial charge in [0.05, 0.1) is 5.69 Å². The van der Waals surface area contributed by atoms with Crippen LogP contribution in [0.2, 0.25) is 0 Å². The minimum absolute atomic E-state index is 0.000618. The van der Waals surface area contributed by atoms with E-state index in [4.69, 9.17) is 4.98 Å². The highest BCUT2D eigenvalue weighted by Crippen LogP contribution is 2.33. The maximum Gasteiger partial charge on any atom is 0.317 e. The van der Waals surface area contributed by atoms with Gasteiger partial charge in [0.2, 0.25) is 0 Å². The van der Waals surface area contributed by atoms with Crippen molar-refractivity contribution in [2.75, 3.05) is 6.54 Å². The molecule has 2 bridgehead atoms. The highest BCUT2D eigenvalue weighted by atomic mass is 16.2. The number of nitrogens with one attached hydrogen (secondary N) is 2. The van der Waals surface area contributed by atoms with Crippen molar-refractivity contribution < 1.29 is 4.79 Å². The normalized spacial score (nSPS) is 20.8. The third-order valence-electron chi connectivity index (χ3n) is 5.87. The fraction of sp³-hybridized carbons (Fsp3) is 0.500. The van der Waals surface area contributed by atoms with Crippen molar-refractivity contribution in [1.82, 2.24) is 20.2 Å². The van der Waals surface area contributed by atoms with Crippen LogP contribution in [0.25, 0.3) is 11.4 Å². The van der Waals surface area contributed by atoms with E-state index >= 15 is 0 Å². The molecule has 6 heteroatoms. The van der Waals surface area contributed by atoms with Gasteiger partial charge in [-0.15, -0.1) is 0 Å². The number of aromatic amines is 1. The second-order valence-corrected chi connectivity index (χ2v) is 8.32. The van der Waals surface area contributed by atoms with E-state index in [0.29, 0.717) is 31.1 Å². The monoisotopic (exact) mass is 380 g/mol. The molecule has 1 aromatic carbocycles. The Labute approximate surface area is 165 Å². The fourth-order valence-electron chi connectivity index (χ4n) is 4.37. The second kappa shape index (κ2) is 7.78. The van der Waals surface area contributed by atoms with E-state index < -0.39 is 0 Å². The van der Waals surface area contributed by atoms with Gasteiger partial charge in [-0.25, -0.2) is 9.78 Å². The number of hydrogen-bond acceptors (Lipinski definition) is 3. The van der Waals surface area contributed by atoms with Crippen LogP contribution in [0.4, 0.5) is 4.79 Å². The number of H-pyrrole nitrogens is 1. The Morgan fingerprint density at radius 2 is 1.93 bits per heavy atom. The molecule has 2 aromatic rings. The summed E-state index contributed by atoms with van der Waals surface area (Å²) in [7, 11) is 0. The van der Waals surface area contributed by atoms with E-state index in [1.54, 1.807) is 0 Å². The Morgan fingerprint density at radius 3 is 2.64 bits per heavy atom. The van der Waals surface area contributed by atoms with Crippen LogP contribution in [0.1, 0.15) is 44.4 Å². The number of carbonyl (C=O) groups is 1. The van der Waals surface area contributed by atoms with Gasteiger partial charge in [0.25, 0.3) is 5.56 Å². The van der Waals surface area contributed by atoms with Crippen molar-refractivity contribution in [3.05, 3.63) is 51.9 Å². The van der Waals surface area contributed by atoms with Crippen LogP contribution < -0.4 is 10.9 Å². The number of aromatic nitrogens is 2. The van der Waals surface area contributed by atoms with Crippen molar-refractivity contribution in [3.63, 3.8) is 0 Å². The van der Waals surface area contributed by atoms with Gasteiger partial charge in [0, 0.05) is 42.6 Å². The third-order valence-corrected chi connectivity index (χ3v) is 5.87. The number of fused-ring (bicyclic) bond motifs is 3. The van der Waals surface area contributed by atoms with Crippen molar-refractivity contribution in [2.24, 2.45) is 5.92 Å². The van der Waals surface area contributed by atoms with Crippen molar-refractivity contribution >= 4 is 6.03 Å². The van der Waals surface area contributed by atoms with Crippen LogP contribution in [0, 0.1) is 5.92 Å². The Kier molecular flexibility index (Phi) is 5.20. The molecule has 1 saturated heterocycles. The number of amides is 2. The third kappa shape index (κ3) is 3.68. The quantitative estimate of drug-likeness (QED) is 0.855. The molecule has 1 aromatic heterocycles. The fourth-order valence-corrected chi connectivity index (χ4v) is 4.37. The summed E-state index contributed by atoms with van der Waals surface area (Å²) in [6.07, 6.45) is 4.11. The summed E-state index contributed by atoms with van der Waals surface area (Å²) in [6, 6.07) is 9.90. The second-order valence-electron chi connectivity index (χ2n) is 8.32. The number of carbonyl (C=O) groups excluding carboxylic acids is 1. The summed E-state index contributed by atoms with van der Waals surface area (Å²) >= 11 is 0. The van der Waals surface area contributed by atoms with Crippen LogP contribution in [0.5, 0.6) is 0 Å². The average Bonchev–Trinajstić information content (AvgIpc) is 2.97. The molecular formula is C22H28N4O2. The summed E-state index contributed by atoms with van der Waals surface area (Å²) in [5.41, 5.74) is 2.42. The van der Waals surface area contributed by atoms with Crippen molar-refractivity contribution in [3.8, 4) is 11.4 Å². The van der Waals surface area contributed by atoms with E-state index in [9.17, 15) is 9.59 Å². The Balaban J connectivity index is 1.58. The molecule has 148 valence electrons. The molecule has 0 radical (unpaired) electrons. The molecule has 3 heterocycles. The van der Waals surface area contributed by atoms with E-state index in [-0.39, 0.29) is 23.7 Å². The molecule has 4 rings (SSSR count). The molecule has 2 N–H and O–H groups in total. The first-order valence-corrected chi connectivity index (χ1v) is 10.3. The molecule has 2 aliphatic heterocycles. The first-order valence-electron chi connectivity index (χ1n) is 10.3. The van der Waals surface area contributed by atoms with Crippen molar-refractivity contribution in [1.29, 1.82) is 0 Å². The van der Waals surface area contributed by atoms with Gasteiger partial charge in [-0.2, -0.15) is 0 Å². The summed E-state index contributed by atoms with van der Waals surface area (Å²) in [4.78, 5) is 35.3. The van der Waals surface area contributed by atoms with Gasteiger partial charge >= 0.3 is 6.03 Å². The van der Waals surface area contributed by atoms with Crippen LogP contribution in [-0.2, 0) is 12.8 Å². The van der Waals surface area contributed by atoms with Crippen LogP contribution >= 0.6 is 0 Å². The Morgan fingerprint density at radius 1 is 1.21 bits per heavy atom. The van der Waals surface area contributed by atoms with Gasteiger partial charge in [-0.05, 0) is 25.2 Å². The molecule has 0 spiro atoms. The minimum atomic E-state index is -0.0726. The van der Waals surface area contributed by atoms with E-state index in [0.717, 1.165) is 36.1 Å². The predicted octanol–water partition coefficient (Wildman–Crippen LogP) is 3.12. The van der Waals surface area contributed by atoms with E-state index in [2.05, 4.69) is 24.1 Å². The lowest BCUT2D eigenvalue weighted by molar-refractivity contribution is 0.173. The topological polar surface area (TPSA) is 78.1 Å². The highest BCUT2D eigenvalue weighted by molar-refractivity contribution is 5.75. The molecule has 0 saturated carbocycles. The zero-order valence-electron chi connectivity index (χ0n) is 16.6. The maximum absolute atomic E-state index is 12.8. The number of rotatable bonds is 4. The highest BCUT2D eigenvalue weighted by Gasteiger charge is 2.41. The summed E-state index contributed by atoms with van der Waals surface area (Å²) in [5, 5.41) is 3.07. The smallest absolute Gasteiger partial charge is 0.317 e. The molecular weight excluding hydrogens is 352 g/mol. The molecule has 6 nitrogen and oxygen atoms in total. The first-order chi connectivity index (χ1) is 13.5. The lowest BCUT2D eigenvalue weighted by Gasteiger charge is -2.28. The van der Waals surface area contributed by atoms with Crippen molar-refractivity contribution in [2.45, 2.75) is 58.0 Å². The summed E-state index contributed by atoms with van der Waals surface area (Å²) in [5.74, 6) is 1.17. The Bertz CT molecular complexity index is 906. The van der Waals surface area contributed by atoms with Crippen LogP contribution in [0.15, 0.2) is 35.1 Å².